The molecule has 1 saturated heterocycles. The number of benzene rings is 1. The first kappa shape index (κ1) is 14.9. The van der Waals surface area contributed by atoms with Gasteiger partial charge in [0.25, 0.3) is 0 Å². The highest BCUT2D eigenvalue weighted by Crippen LogP contribution is 2.35. The largest absolute Gasteiger partial charge is 0.332 e. The topological polar surface area (TPSA) is 55.2 Å². The highest BCUT2D eigenvalue weighted by molar-refractivity contribution is 7.89. The molecule has 122 valence electrons. The predicted molar refractivity (Wildman–Crippen MR) is 87.6 cm³/mol. The SMILES string of the molecule is Cc1cnc(C2CN(S(=O)(=O)c3ccccc3)C2)n1CC1CC1. The molecule has 0 N–H and O–H groups in total. The Morgan fingerprint density at radius 3 is 2.52 bits per heavy atom. The second-order valence-corrected chi connectivity index (χ2v) is 8.58. The Balaban J connectivity index is 1.50. The van der Waals surface area contributed by atoms with Gasteiger partial charge in [-0.2, -0.15) is 4.31 Å². The van der Waals surface area contributed by atoms with Crippen LogP contribution in [0.4, 0.5) is 0 Å². The van der Waals surface area contributed by atoms with Crippen LogP contribution in [0.25, 0.3) is 0 Å². The Labute approximate surface area is 137 Å². The van der Waals surface area contributed by atoms with Crippen molar-refractivity contribution < 1.29 is 8.42 Å². The zero-order chi connectivity index (χ0) is 16.0. The Morgan fingerprint density at radius 2 is 1.87 bits per heavy atom. The number of aryl methyl sites for hydroxylation is 1. The molecule has 0 atom stereocenters. The maximum Gasteiger partial charge on any atom is 0.243 e. The first-order valence-corrected chi connectivity index (χ1v) is 9.57. The number of imidazole rings is 1. The van der Waals surface area contributed by atoms with Gasteiger partial charge in [-0.1, -0.05) is 18.2 Å². The van der Waals surface area contributed by atoms with Gasteiger partial charge in [0, 0.05) is 37.4 Å². The van der Waals surface area contributed by atoms with Gasteiger partial charge in [-0.05, 0) is 37.8 Å². The van der Waals surface area contributed by atoms with Crippen molar-refractivity contribution in [3.63, 3.8) is 0 Å². The summed E-state index contributed by atoms with van der Waals surface area (Å²) in [5, 5.41) is 0. The lowest BCUT2D eigenvalue weighted by molar-refractivity contribution is 0.250. The maximum absolute atomic E-state index is 12.6. The summed E-state index contributed by atoms with van der Waals surface area (Å²) in [6, 6.07) is 8.66. The molecule has 0 unspecified atom stereocenters. The van der Waals surface area contributed by atoms with E-state index < -0.39 is 10.0 Å². The summed E-state index contributed by atoms with van der Waals surface area (Å²) < 4.78 is 29.0. The molecule has 23 heavy (non-hydrogen) atoms. The number of aromatic nitrogens is 2. The van der Waals surface area contributed by atoms with Crippen LogP contribution in [0.3, 0.4) is 0 Å². The molecule has 4 rings (SSSR count). The molecular formula is C17H21N3O2S. The molecule has 1 aliphatic heterocycles. The van der Waals surface area contributed by atoms with E-state index in [2.05, 4.69) is 16.5 Å². The molecule has 1 aliphatic carbocycles. The Kier molecular flexibility index (Phi) is 3.54. The zero-order valence-electron chi connectivity index (χ0n) is 13.2. The zero-order valence-corrected chi connectivity index (χ0v) is 14.0. The lowest BCUT2D eigenvalue weighted by atomic mass is 10.0. The number of nitrogens with zero attached hydrogens (tertiary/aromatic N) is 3. The van der Waals surface area contributed by atoms with Gasteiger partial charge in [0.2, 0.25) is 10.0 Å². The summed E-state index contributed by atoms with van der Waals surface area (Å²) in [5.74, 6) is 2.04. The van der Waals surface area contributed by atoms with Crippen LogP contribution in [0, 0.1) is 12.8 Å². The molecule has 0 radical (unpaired) electrons. The average Bonchev–Trinajstić information content (AvgIpc) is 3.25. The van der Waals surface area contributed by atoms with Crippen LogP contribution in [-0.2, 0) is 16.6 Å². The molecule has 1 saturated carbocycles. The van der Waals surface area contributed by atoms with E-state index in [1.807, 2.05) is 12.3 Å². The number of hydrogen-bond donors (Lipinski definition) is 0. The van der Waals surface area contributed by atoms with E-state index in [0.717, 1.165) is 18.3 Å². The van der Waals surface area contributed by atoms with Gasteiger partial charge in [0.15, 0.2) is 0 Å². The van der Waals surface area contributed by atoms with Gasteiger partial charge >= 0.3 is 0 Å². The summed E-state index contributed by atoms with van der Waals surface area (Å²) in [6.45, 7) is 4.16. The average molecular weight is 331 g/mol. The van der Waals surface area contributed by atoms with Crippen LogP contribution >= 0.6 is 0 Å². The van der Waals surface area contributed by atoms with Crippen molar-refractivity contribution in [1.82, 2.24) is 13.9 Å². The van der Waals surface area contributed by atoms with E-state index in [-0.39, 0.29) is 5.92 Å². The molecule has 6 heteroatoms. The molecule has 0 amide bonds. The summed E-state index contributed by atoms with van der Waals surface area (Å²) in [4.78, 5) is 4.92. The number of rotatable bonds is 5. The van der Waals surface area contributed by atoms with E-state index in [9.17, 15) is 8.42 Å². The fourth-order valence-corrected chi connectivity index (χ4v) is 4.69. The first-order chi connectivity index (χ1) is 11.1. The van der Waals surface area contributed by atoms with Gasteiger partial charge in [-0.15, -0.1) is 0 Å². The minimum Gasteiger partial charge on any atom is -0.332 e. The smallest absolute Gasteiger partial charge is 0.243 e. The summed E-state index contributed by atoms with van der Waals surface area (Å²) >= 11 is 0. The molecule has 2 fully saturated rings. The third-order valence-electron chi connectivity index (χ3n) is 4.82. The minimum atomic E-state index is -3.36. The molecule has 0 spiro atoms. The third kappa shape index (κ3) is 2.70. The predicted octanol–water partition coefficient (Wildman–Crippen LogP) is 2.39. The minimum absolute atomic E-state index is 0.209. The van der Waals surface area contributed by atoms with Crippen LogP contribution < -0.4 is 0 Å². The number of sulfonamides is 1. The molecule has 2 aliphatic rings. The van der Waals surface area contributed by atoms with E-state index in [1.165, 1.54) is 18.5 Å². The highest BCUT2D eigenvalue weighted by Gasteiger charge is 2.40. The first-order valence-electron chi connectivity index (χ1n) is 8.13. The quantitative estimate of drug-likeness (QED) is 0.845. The lowest BCUT2D eigenvalue weighted by Crippen LogP contribution is -2.49. The van der Waals surface area contributed by atoms with E-state index >= 15 is 0 Å². The van der Waals surface area contributed by atoms with Gasteiger partial charge < -0.3 is 4.57 Å². The van der Waals surface area contributed by atoms with Gasteiger partial charge in [0.1, 0.15) is 5.82 Å². The Bertz CT molecular complexity index is 804. The molecular weight excluding hydrogens is 310 g/mol. The van der Waals surface area contributed by atoms with Crippen molar-refractivity contribution in [1.29, 1.82) is 0 Å². The molecule has 2 heterocycles. The van der Waals surface area contributed by atoms with Crippen LogP contribution in [0.2, 0.25) is 0 Å². The van der Waals surface area contributed by atoms with Crippen LogP contribution in [0.15, 0.2) is 41.4 Å². The fraction of sp³-hybridized carbons (Fsp3) is 0.471. The van der Waals surface area contributed by atoms with E-state index in [0.29, 0.717) is 18.0 Å². The summed E-state index contributed by atoms with van der Waals surface area (Å²) in [5.41, 5.74) is 1.18. The van der Waals surface area contributed by atoms with Crippen molar-refractivity contribution in [3.05, 3.63) is 48.0 Å². The molecule has 2 aromatic rings. The van der Waals surface area contributed by atoms with Gasteiger partial charge in [0.05, 0.1) is 4.90 Å². The van der Waals surface area contributed by atoms with Crippen molar-refractivity contribution in [3.8, 4) is 0 Å². The molecule has 5 nitrogen and oxygen atoms in total. The molecule has 1 aromatic carbocycles. The standard InChI is InChI=1S/C17H21N3O2S/c1-13-9-18-17(20(13)10-14-7-8-14)15-11-19(12-15)23(21,22)16-5-3-2-4-6-16/h2-6,9,14-15H,7-8,10-12H2,1H3. The van der Waals surface area contributed by atoms with Crippen LogP contribution in [0.5, 0.6) is 0 Å². The monoisotopic (exact) mass is 331 g/mol. The van der Waals surface area contributed by atoms with Gasteiger partial charge in [-0.3, -0.25) is 0 Å². The van der Waals surface area contributed by atoms with Crippen molar-refractivity contribution in [2.75, 3.05) is 13.1 Å². The van der Waals surface area contributed by atoms with Crippen molar-refractivity contribution in [2.45, 2.75) is 37.1 Å². The third-order valence-corrected chi connectivity index (χ3v) is 6.66. The van der Waals surface area contributed by atoms with Gasteiger partial charge in [-0.25, -0.2) is 13.4 Å². The summed E-state index contributed by atoms with van der Waals surface area (Å²) in [7, 11) is -3.36. The normalized spacial score (nSPS) is 19.7. The van der Waals surface area contributed by atoms with Crippen molar-refractivity contribution in [2.24, 2.45) is 5.92 Å². The Hall–Kier alpha value is -1.66. The van der Waals surface area contributed by atoms with E-state index in [1.54, 1.807) is 28.6 Å². The highest BCUT2D eigenvalue weighted by atomic mass is 32.2. The van der Waals surface area contributed by atoms with Crippen molar-refractivity contribution >= 4 is 10.0 Å². The number of hydrogen-bond acceptors (Lipinski definition) is 3. The van der Waals surface area contributed by atoms with E-state index in [4.69, 9.17) is 0 Å². The molecule has 1 aromatic heterocycles. The van der Waals surface area contributed by atoms with Crippen LogP contribution in [-0.4, -0.2) is 35.4 Å². The summed E-state index contributed by atoms with van der Waals surface area (Å²) in [6.07, 6.45) is 4.51. The maximum atomic E-state index is 12.6. The Morgan fingerprint density at radius 1 is 1.17 bits per heavy atom. The lowest BCUT2D eigenvalue weighted by Gasteiger charge is -2.37. The molecule has 0 bridgehead atoms. The van der Waals surface area contributed by atoms with Crippen LogP contribution in [0.1, 0.15) is 30.3 Å². The second kappa shape index (κ2) is 5.46. The second-order valence-electron chi connectivity index (χ2n) is 6.64. The fourth-order valence-electron chi connectivity index (χ4n) is 3.14.